The number of carbonyl (C=O) groups excluding carboxylic acids is 3. The number of hydrogen-bond donors (Lipinski definition) is 1. The summed E-state index contributed by atoms with van der Waals surface area (Å²) in [5.41, 5.74) is -0.653. The molecule has 2 amide bonds. The molecule has 0 bridgehead atoms. The number of imide groups is 1. The average Bonchev–Trinajstić information content (AvgIpc) is 3.03. The van der Waals surface area contributed by atoms with Gasteiger partial charge in [-0.15, -0.1) is 0 Å². The van der Waals surface area contributed by atoms with Crippen LogP contribution >= 0.6 is 0 Å². The van der Waals surface area contributed by atoms with Gasteiger partial charge in [-0.2, -0.15) is 0 Å². The van der Waals surface area contributed by atoms with Gasteiger partial charge >= 0.3 is 5.97 Å². The maximum Gasteiger partial charge on any atom is 0.326 e. The van der Waals surface area contributed by atoms with Crippen LogP contribution in [0, 0.1) is 17.7 Å². The molecule has 7 heteroatoms. The Labute approximate surface area is 145 Å². The van der Waals surface area contributed by atoms with Crippen LogP contribution in [0.5, 0.6) is 0 Å². The van der Waals surface area contributed by atoms with Gasteiger partial charge in [0.05, 0.1) is 18.4 Å². The number of rotatable bonds is 4. The van der Waals surface area contributed by atoms with E-state index in [9.17, 15) is 18.8 Å². The highest BCUT2D eigenvalue weighted by Gasteiger charge is 2.66. The molecule has 1 N–H and O–H groups in total. The third-order valence-electron chi connectivity index (χ3n) is 5.12. The maximum atomic E-state index is 13.3. The van der Waals surface area contributed by atoms with Gasteiger partial charge in [-0.3, -0.25) is 24.6 Å². The van der Waals surface area contributed by atoms with Crippen molar-refractivity contribution in [3.63, 3.8) is 0 Å². The molecule has 0 aliphatic carbocycles. The van der Waals surface area contributed by atoms with Crippen molar-refractivity contribution in [1.82, 2.24) is 10.2 Å². The average molecular weight is 348 g/mol. The van der Waals surface area contributed by atoms with Crippen molar-refractivity contribution < 1.29 is 23.5 Å². The molecule has 2 heterocycles. The van der Waals surface area contributed by atoms with E-state index in [2.05, 4.69) is 5.32 Å². The number of hydrogen-bond acceptors (Lipinski definition) is 5. The Bertz CT molecular complexity index is 720. The summed E-state index contributed by atoms with van der Waals surface area (Å²) in [4.78, 5) is 39.3. The Kier molecular flexibility index (Phi) is 4.36. The van der Waals surface area contributed by atoms with Gasteiger partial charge in [0.1, 0.15) is 11.4 Å². The molecule has 2 aliphatic heterocycles. The van der Waals surface area contributed by atoms with Crippen LogP contribution in [0.15, 0.2) is 24.3 Å². The lowest BCUT2D eigenvalue weighted by atomic mass is 9.80. The summed E-state index contributed by atoms with van der Waals surface area (Å²) in [5, 5.41) is 3.13. The largest absolute Gasteiger partial charge is 0.465 e. The zero-order valence-corrected chi connectivity index (χ0v) is 14.4. The maximum absolute atomic E-state index is 13.3. The minimum atomic E-state index is -1.31. The molecule has 3 rings (SSSR count). The zero-order valence-electron chi connectivity index (χ0n) is 14.4. The highest BCUT2D eigenvalue weighted by Crippen LogP contribution is 2.48. The van der Waals surface area contributed by atoms with E-state index < -0.39 is 35.2 Å². The third-order valence-corrected chi connectivity index (χ3v) is 5.12. The summed E-state index contributed by atoms with van der Waals surface area (Å²) in [6, 6.07) is 5.16. The summed E-state index contributed by atoms with van der Waals surface area (Å²) < 4.78 is 18.4. The molecule has 1 aromatic carbocycles. The van der Waals surface area contributed by atoms with Crippen LogP contribution in [-0.2, 0) is 19.1 Å². The molecule has 0 aromatic heterocycles. The predicted octanol–water partition coefficient (Wildman–Crippen LogP) is 1.41. The Balaban J connectivity index is 2.07. The van der Waals surface area contributed by atoms with Crippen molar-refractivity contribution in [2.75, 3.05) is 13.2 Å². The number of likely N-dealkylation sites (tertiary alicyclic amines) is 1. The van der Waals surface area contributed by atoms with Crippen LogP contribution < -0.4 is 5.32 Å². The smallest absolute Gasteiger partial charge is 0.326 e. The molecule has 2 aliphatic rings. The molecule has 0 radical (unpaired) electrons. The fourth-order valence-corrected chi connectivity index (χ4v) is 3.94. The molecule has 2 saturated heterocycles. The molecular weight excluding hydrogens is 327 g/mol. The first-order chi connectivity index (χ1) is 11.8. The Morgan fingerprint density at radius 1 is 1.24 bits per heavy atom. The number of nitrogens with one attached hydrogen (secondary N) is 1. The fourth-order valence-electron chi connectivity index (χ4n) is 3.94. The fraction of sp³-hybridized carbons (Fsp3) is 0.500. The van der Waals surface area contributed by atoms with Crippen molar-refractivity contribution >= 4 is 17.8 Å². The minimum absolute atomic E-state index is 0.175. The van der Waals surface area contributed by atoms with Crippen LogP contribution in [0.1, 0.15) is 32.4 Å². The molecule has 0 unspecified atom stereocenters. The monoisotopic (exact) mass is 348 g/mol. The zero-order chi connectivity index (χ0) is 18.4. The predicted molar refractivity (Wildman–Crippen MR) is 86.7 cm³/mol. The van der Waals surface area contributed by atoms with Crippen LogP contribution in [0.3, 0.4) is 0 Å². The van der Waals surface area contributed by atoms with Crippen LogP contribution in [0.4, 0.5) is 4.39 Å². The summed E-state index contributed by atoms with van der Waals surface area (Å²) in [5.74, 6) is -3.19. The lowest BCUT2D eigenvalue weighted by Gasteiger charge is -2.28. The van der Waals surface area contributed by atoms with Crippen molar-refractivity contribution in [2.24, 2.45) is 11.8 Å². The first-order valence-corrected chi connectivity index (χ1v) is 8.40. The van der Waals surface area contributed by atoms with E-state index >= 15 is 0 Å². The number of amides is 2. The number of halogens is 1. The van der Waals surface area contributed by atoms with Gasteiger partial charge in [0.2, 0.25) is 11.8 Å². The molecule has 1 aromatic rings. The van der Waals surface area contributed by atoms with E-state index in [1.807, 2.05) is 0 Å². The summed E-state index contributed by atoms with van der Waals surface area (Å²) in [7, 11) is 0. The topological polar surface area (TPSA) is 75.7 Å². The molecule has 0 saturated carbocycles. The van der Waals surface area contributed by atoms with Gasteiger partial charge in [-0.05, 0) is 38.5 Å². The minimum Gasteiger partial charge on any atom is -0.465 e. The quantitative estimate of drug-likeness (QED) is 0.658. The number of benzene rings is 1. The Hall–Kier alpha value is -2.28. The normalized spacial score (nSPS) is 31.4. The van der Waals surface area contributed by atoms with E-state index in [1.165, 1.54) is 17.0 Å². The van der Waals surface area contributed by atoms with E-state index in [0.29, 0.717) is 5.56 Å². The van der Waals surface area contributed by atoms with Crippen LogP contribution in [-0.4, -0.2) is 41.4 Å². The Morgan fingerprint density at radius 2 is 1.88 bits per heavy atom. The van der Waals surface area contributed by atoms with E-state index in [4.69, 9.17) is 4.74 Å². The lowest BCUT2D eigenvalue weighted by Crippen LogP contribution is -2.54. The van der Waals surface area contributed by atoms with Crippen LogP contribution in [0.2, 0.25) is 0 Å². The third kappa shape index (κ3) is 2.54. The number of fused-ring (bicyclic) bond motifs is 1. The van der Waals surface area contributed by atoms with E-state index in [0.717, 1.165) is 0 Å². The van der Waals surface area contributed by atoms with Crippen molar-refractivity contribution in [1.29, 1.82) is 0 Å². The summed E-state index contributed by atoms with van der Waals surface area (Å²) >= 11 is 0. The van der Waals surface area contributed by atoms with Crippen molar-refractivity contribution in [3.05, 3.63) is 35.6 Å². The first-order valence-electron chi connectivity index (χ1n) is 8.40. The standard InChI is InChI=1S/C18H21FN2O4/c1-4-21-15(22)12-13(16(21)23)18(3,17(24)25-5-2)20-14(12)10-6-8-11(19)9-7-10/h6-9,12-14,20H,4-5H2,1-3H3/t12-,13+,14-,18-/m1/s1. The van der Waals surface area contributed by atoms with E-state index in [-0.39, 0.29) is 25.0 Å². The highest BCUT2D eigenvalue weighted by molar-refractivity contribution is 6.09. The molecule has 0 spiro atoms. The second-order valence-corrected chi connectivity index (χ2v) is 6.52. The van der Waals surface area contributed by atoms with Gasteiger partial charge in [0.15, 0.2) is 0 Å². The number of ether oxygens (including phenoxy) is 1. The molecule has 4 atom stereocenters. The van der Waals surface area contributed by atoms with E-state index in [1.54, 1.807) is 32.9 Å². The molecule has 25 heavy (non-hydrogen) atoms. The Morgan fingerprint density at radius 3 is 2.44 bits per heavy atom. The van der Waals surface area contributed by atoms with Gasteiger partial charge in [-0.1, -0.05) is 12.1 Å². The summed E-state index contributed by atoms with van der Waals surface area (Å²) in [6.07, 6.45) is 0. The highest BCUT2D eigenvalue weighted by atomic mass is 19.1. The SMILES string of the molecule is CCOC(=O)[C@]1(C)N[C@H](c2ccc(F)cc2)[C@@H]2C(=O)N(CC)C(=O)[C@H]21. The van der Waals surface area contributed by atoms with Gasteiger partial charge in [-0.25, -0.2) is 4.39 Å². The van der Waals surface area contributed by atoms with Crippen LogP contribution in [0.25, 0.3) is 0 Å². The second kappa shape index (κ2) is 6.22. The molecule has 6 nitrogen and oxygen atoms in total. The van der Waals surface area contributed by atoms with Gasteiger partial charge in [0.25, 0.3) is 0 Å². The van der Waals surface area contributed by atoms with Gasteiger partial charge in [0, 0.05) is 12.6 Å². The molecular formula is C18H21FN2O4. The summed E-state index contributed by atoms with van der Waals surface area (Å²) in [6.45, 7) is 5.43. The van der Waals surface area contributed by atoms with Crippen molar-refractivity contribution in [2.45, 2.75) is 32.4 Å². The molecule has 134 valence electrons. The first kappa shape index (κ1) is 17.5. The number of esters is 1. The molecule has 2 fully saturated rings. The van der Waals surface area contributed by atoms with Crippen molar-refractivity contribution in [3.8, 4) is 0 Å². The number of nitrogens with zero attached hydrogens (tertiary/aromatic N) is 1. The second-order valence-electron chi connectivity index (χ2n) is 6.52. The number of carbonyl (C=O) groups is 3. The lowest BCUT2D eigenvalue weighted by molar-refractivity contribution is -0.155. The van der Waals surface area contributed by atoms with Gasteiger partial charge < -0.3 is 4.74 Å².